The smallest absolute Gasteiger partial charge is 0.254 e. The minimum Gasteiger partial charge on any atom is -0.364 e. The number of benzene rings is 3. The number of rotatable bonds is 3. The average molecular weight is 314 g/mol. The van der Waals surface area contributed by atoms with Crippen LogP contribution in [-0.4, -0.2) is 12.1 Å². The molecule has 1 unspecified atom stereocenters. The van der Waals surface area contributed by atoms with Crippen molar-refractivity contribution in [2.45, 2.75) is 12.1 Å². The molecule has 0 bridgehead atoms. The molecule has 3 aromatic carbocycles. The first kappa shape index (κ1) is 14.5. The van der Waals surface area contributed by atoms with E-state index in [0.717, 1.165) is 5.69 Å². The third-order valence-corrected chi connectivity index (χ3v) is 4.42. The van der Waals surface area contributed by atoms with Gasteiger partial charge in [0.15, 0.2) is 0 Å². The van der Waals surface area contributed by atoms with Crippen molar-refractivity contribution in [1.29, 1.82) is 0 Å². The number of fused-ring (bicyclic) bond motifs is 1. The summed E-state index contributed by atoms with van der Waals surface area (Å²) in [7, 11) is 0. The molecule has 1 aliphatic rings. The summed E-state index contributed by atoms with van der Waals surface area (Å²) in [6, 6.07) is 28.2. The molecule has 3 aromatic rings. The minimum absolute atomic E-state index is 0.0321. The molecule has 0 saturated heterocycles. The maximum Gasteiger partial charge on any atom is 0.254 e. The Morgan fingerprint density at radius 1 is 0.667 bits per heavy atom. The van der Waals surface area contributed by atoms with Crippen molar-refractivity contribution in [3.63, 3.8) is 0 Å². The van der Waals surface area contributed by atoms with Crippen LogP contribution in [-0.2, 0) is 0 Å². The summed E-state index contributed by atoms with van der Waals surface area (Å²) in [4.78, 5) is 12.5. The van der Waals surface area contributed by atoms with Crippen molar-refractivity contribution in [2.24, 2.45) is 0 Å². The highest BCUT2D eigenvalue weighted by molar-refractivity contribution is 6.01. The van der Waals surface area contributed by atoms with E-state index in [9.17, 15) is 4.79 Å². The minimum atomic E-state index is -0.197. The molecule has 0 fully saturated rings. The third-order valence-electron chi connectivity index (χ3n) is 4.42. The van der Waals surface area contributed by atoms with Gasteiger partial charge in [-0.3, -0.25) is 4.79 Å². The lowest BCUT2D eigenvalue weighted by atomic mass is 9.87. The van der Waals surface area contributed by atoms with Gasteiger partial charge in [-0.1, -0.05) is 72.8 Å². The van der Waals surface area contributed by atoms with E-state index < -0.39 is 0 Å². The van der Waals surface area contributed by atoms with Crippen LogP contribution in [0.4, 0.5) is 5.69 Å². The van der Waals surface area contributed by atoms with Gasteiger partial charge in [0.05, 0.1) is 5.56 Å². The second kappa shape index (κ2) is 6.20. The molecule has 118 valence electrons. The number of para-hydroxylation sites is 1. The fourth-order valence-corrected chi connectivity index (χ4v) is 3.29. The number of anilines is 1. The molecule has 0 spiro atoms. The Hall–Kier alpha value is -3.07. The van der Waals surface area contributed by atoms with Crippen LogP contribution >= 0.6 is 0 Å². The first-order valence-corrected chi connectivity index (χ1v) is 8.09. The molecule has 1 amide bonds. The van der Waals surface area contributed by atoms with Gasteiger partial charge in [0, 0.05) is 11.6 Å². The highest BCUT2D eigenvalue weighted by Crippen LogP contribution is 2.32. The molecular weight excluding hydrogens is 296 g/mol. The molecule has 1 aliphatic heterocycles. The number of carbonyl (C=O) groups excluding carboxylic acids is 1. The van der Waals surface area contributed by atoms with Gasteiger partial charge < -0.3 is 10.6 Å². The molecule has 2 N–H and O–H groups in total. The zero-order valence-electron chi connectivity index (χ0n) is 13.1. The molecule has 4 rings (SSSR count). The summed E-state index contributed by atoms with van der Waals surface area (Å²) in [5.41, 5.74) is 3.90. The van der Waals surface area contributed by atoms with Crippen molar-refractivity contribution in [3.05, 3.63) is 102 Å². The Labute approximate surface area is 141 Å². The van der Waals surface area contributed by atoms with Crippen molar-refractivity contribution < 1.29 is 4.79 Å². The Balaban J connectivity index is 1.77. The Morgan fingerprint density at radius 2 is 1.21 bits per heavy atom. The van der Waals surface area contributed by atoms with Crippen LogP contribution < -0.4 is 10.6 Å². The van der Waals surface area contributed by atoms with Crippen molar-refractivity contribution in [3.8, 4) is 0 Å². The monoisotopic (exact) mass is 314 g/mol. The lowest BCUT2D eigenvalue weighted by Gasteiger charge is -2.34. The zero-order chi connectivity index (χ0) is 16.4. The summed E-state index contributed by atoms with van der Waals surface area (Å²) < 4.78 is 0. The molecule has 0 saturated carbocycles. The van der Waals surface area contributed by atoms with E-state index in [0.29, 0.717) is 5.56 Å². The largest absolute Gasteiger partial charge is 0.364 e. The van der Waals surface area contributed by atoms with E-state index in [-0.39, 0.29) is 18.0 Å². The van der Waals surface area contributed by atoms with E-state index in [1.54, 1.807) is 0 Å². The molecular formula is C21H18N2O. The number of amides is 1. The number of hydrogen-bond donors (Lipinski definition) is 2. The molecule has 0 aliphatic carbocycles. The summed E-state index contributed by atoms with van der Waals surface area (Å²) in [6.07, 6.45) is -0.197. The first-order chi connectivity index (χ1) is 11.8. The molecule has 3 heteroatoms. The fourth-order valence-electron chi connectivity index (χ4n) is 3.29. The van der Waals surface area contributed by atoms with Crippen molar-refractivity contribution in [2.75, 3.05) is 5.32 Å². The topological polar surface area (TPSA) is 41.1 Å². The van der Waals surface area contributed by atoms with Crippen LogP contribution in [0.5, 0.6) is 0 Å². The van der Waals surface area contributed by atoms with Gasteiger partial charge in [-0.15, -0.1) is 0 Å². The van der Waals surface area contributed by atoms with E-state index >= 15 is 0 Å². The number of carbonyl (C=O) groups is 1. The summed E-state index contributed by atoms with van der Waals surface area (Å²) in [6.45, 7) is 0. The van der Waals surface area contributed by atoms with Gasteiger partial charge in [0.1, 0.15) is 6.17 Å². The molecule has 1 heterocycles. The van der Waals surface area contributed by atoms with Gasteiger partial charge in [-0.2, -0.15) is 0 Å². The van der Waals surface area contributed by atoms with E-state index in [1.807, 2.05) is 60.7 Å². The highest BCUT2D eigenvalue weighted by atomic mass is 16.2. The van der Waals surface area contributed by atoms with Gasteiger partial charge in [-0.05, 0) is 23.3 Å². The van der Waals surface area contributed by atoms with E-state index in [2.05, 4.69) is 34.9 Å². The summed E-state index contributed by atoms with van der Waals surface area (Å²) >= 11 is 0. The van der Waals surface area contributed by atoms with Gasteiger partial charge in [-0.25, -0.2) is 0 Å². The fraction of sp³-hybridized carbons (Fsp3) is 0.0952. The highest BCUT2D eigenvalue weighted by Gasteiger charge is 2.31. The second-order valence-electron chi connectivity index (χ2n) is 5.94. The van der Waals surface area contributed by atoms with Crippen LogP contribution in [0.1, 0.15) is 27.4 Å². The average Bonchev–Trinajstić information content (AvgIpc) is 2.64. The van der Waals surface area contributed by atoms with Crippen LogP contribution in [0, 0.1) is 0 Å². The number of nitrogens with one attached hydrogen (secondary N) is 2. The zero-order valence-corrected chi connectivity index (χ0v) is 13.1. The predicted molar refractivity (Wildman–Crippen MR) is 96.0 cm³/mol. The summed E-state index contributed by atoms with van der Waals surface area (Å²) in [5, 5.41) is 6.61. The molecule has 0 radical (unpaired) electrons. The Bertz CT molecular complexity index is 806. The normalized spacial score (nSPS) is 16.2. The molecule has 0 aromatic heterocycles. The third kappa shape index (κ3) is 2.65. The van der Waals surface area contributed by atoms with Gasteiger partial charge >= 0.3 is 0 Å². The molecule has 1 atom stereocenters. The molecule has 3 nitrogen and oxygen atoms in total. The molecule has 24 heavy (non-hydrogen) atoms. The maximum absolute atomic E-state index is 12.5. The van der Waals surface area contributed by atoms with Crippen molar-refractivity contribution >= 4 is 11.6 Å². The van der Waals surface area contributed by atoms with Gasteiger partial charge in [0.25, 0.3) is 5.91 Å². The van der Waals surface area contributed by atoms with Crippen LogP contribution in [0.3, 0.4) is 0 Å². The lowest BCUT2D eigenvalue weighted by molar-refractivity contribution is 0.0932. The van der Waals surface area contributed by atoms with Crippen LogP contribution in [0.25, 0.3) is 0 Å². The quantitative estimate of drug-likeness (QED) is 0.767. The first-order valence-electron chi connectivity index (χ1n) is 8.09. The number of hydrogen-bond acceptors (Lipinski definition) is 2. The van der Waals surface area contributed by atoms with E-state index in [4.69, 9.17) is 0 Å². The van der Waals surface area contributed by atoms with Crippen LogP contribution in [0.2, 0.25) is 0 Å². The standard InChI is InChI=1S/C21H18N2O/c24-21-17-13-7-8-14-18(17)22-20(23-21)19(15-9-3-1-4-10-15)16-11-5-2-6-12-16/h1-14,19-20,22H,(H,23,24). The van der Waals surface area contributed by atoms with Crippen molar-refractivity contribution in [1.82, 2.24) is 5.32 Å². The maximum atomic E-state index is 12.5. The van der Waals surface area contributed by atoms with Crippen LogP contribution in [0.15, 0.2) is 84.9 Å². The lowest BCUT2D eigenvalue weighted by Crippen LogP contribution is -2.48. The second-order valence-corrected chi connectivity index (χ2v) is 5.94. The van der Waals surface area contributed by atoms with E-state index in [1.165, 1.54) is 11.1 Å². The predicted octanol–water partition coefficient (Wildman–Crippen LogP) is 4.00. The Kier molecular flexibility index (Phi) is 3.75. The van der Waals surface area contributed by atoms with Gasteiger partial charge in [0.2, 0.25) is 0 Å². The Morgan fingerprint density at radius 3 is 1.83 bits per heavy atom. The summed E-state index contributed by atoms with van der Waals surface area (Å²) in [5.74, 6) is -0.00378. The SMILES string of the molecule is O=C1NC(C(c2ccccc2)c2ccccc2)Nc2ccccc21.